The fourth-order valence-corrected chi connectivity index (χ4v) is 3.12. The second-order valence-corrected chi connectivity index (χ2v) is 5.68. The van der Waals surface area contributed by atoms with E-state index in [0.29, 0.717) is 11.7 Å². The number of rotatable bonds is 4. The third-order valence-electron chi connectivity index (χ3n) is 2.16. The van der Waals surface area contributed by atoms with E-state index in [-0.39, 0.29) is 4.93 Å². The lowest BCUT2D eigenvalue weighted by Crippen LogP contribution is -2.34. The zero-order valence-electron chi connectivity index (χ0n) is 8.41. The summed E-state index contributed by atoms with van der Waals surface area (Å²) >= 11 is 1.79. The van der Waals surface area contributed by atoms with Gasteiger partial charge in [-0.3, -0.25) is 0 Å². The fraction of sp³-hybridized carbons (Fsp3) is 0.900. The molecule has 0 aromatic carbocycles. The molecule has 1 heterocycles. The molecular weight excluding hydrogens is 184 g/mol. The van der Waals surface area contributed by atoms with Gasteiger partial charge >= 0.3 is 0 Å². The van der Waals surface area contributed by atoms with Gasteiger partial charge in [0.05, 0.1) is 0 Å². The number of hydrogen-bond donors (Lipinski definition) is 0. The van der Waals surface area contributed by atoms with Crippen molar-refractivity contribution in [1.82, 2.24) is 0 Å². The summed E-state index contributed by atoms with van der Waals surface area (Å²) < 4.78 is 5.75. The molecule has 1 unspecified atom stereocenters. The molecule has 0 radical (unpaired) electrons. The molecule has 0 saturated carbocycles. The molecule has 2 nitrogen and oxygen atoms in total. The van der Waals surface area contributed by atoms with Gasteiger partial charge in [0, 0.05) is 18.3 Å². The predicted octanol–water partition coefficient (Wildman–Crippen LogP) is 2.61. The summed E-state index contributed by atoms with van der Waals surface area (Å²) in [6, 6.07) is 0. The average molecular weight is 202 g/mol. The first-order chi connectivity index (χ1) is 6.18. The van der Waals surface area contributed by atoms with Gasteiger partial charge in [-0.25, -0.2) is 0 Å². The second-order valence-electron chi connectivity index (χ2n) is 3.75. The highest BCUT2D eigenvalue weighted by atomic mass is 32.2. The molecule has 13 heavy (non-hydrogen) atoms. The molecule has 0 amide bonds. The summed E-state index contributed by atoms with van der Waals surface area (Å²) in [5, 5.41) is 0.526. The number of hydrogen-bond acceptors (Lipinski definition) is 3. The van der Waals surface area contributed by atoms with E-state index in [1.807, 2.05) is 0 Å². The van der Waals surface area contributed by atoms with E-state index < -0.39 is 0 Å². The van der Waals surface area contributed by atoms with Crippen molar-refractivity contribution < 1.29 is 9.53 Å². The van der Waals surface area contributed by atoms with Gasteiger partial charge in [0.25, 0.3) is 0 Å². The van der Waals surface area contributed by atoms with Crippen molar-refractivity contribution in [3.8, 4) is 0 Å². The lowest BCUT2D eigenvalue weighted by Gasteiger charge is -2.36. The third-order valence-corrected chi connectivity index (χ3v) is 3.55. The zero-order valence-corrected chi connectivity index (χ0v) is 9.23. The largest absolute Gasteiger partial charge is 0.364 e. The molecule has 76 valence electrons. The van der Waals surface area contributed by atoms with Crippen LogP contribution in [0.5, 0.6) is 0 Å². The van der Waals surface area contributed by atoms with Crippen molar-refractivity contribution in [1.29, 1.82) is 0 Å². The summed E-state index contributed by atoms with van der Waals surface area (Å²) in [6.07, 6.45) is 4.87. The van der Waals surface area contributed by atoms with E-state index in [1.54, 1.807) is 11.8 Å². The first-order valence-corrected chi connectivity index (χ1v) is 5.82. The maximum absolute atomic E-state index is 10.6. The topological polar surface area (TPSA) is 26.3 Å². The number of aldehydes is 1. The molecule has 1 saturated heterocycles. The number of carbonyl (C=O) groups is 1. The van der Waals surface area contributed by atoms with E-state index in [2.05, 4.69) is 13.8 Å². The van der Waals surface area contributed by atoms with E-state index >= 15 is 0 Å². The summed E-state index contributed by atoms with van der Waals surface area (Å²) in [6.45, 7) is 5.11. The van der Waals surface area contributed by atoms with Crippen LogP contribution in [0.2, 0.25) is 0 Å². The number of thioether (sulfide) groups is 1. The van der Waals surface area contributed by atoms with Crippen LogP contribution in [0.3, 0.4) is 0 Å². The van der Waals surface area contributed by atoms with Gasteiger partial charge in [0.2, 0.25) is 0 Å². The SMILES string of the molecule is CC(C)SC1(CC=O)CCCCO1. The Balaban J connectivity index is 2.55. The van der Waals surface area contributed by atoms with Crippen LogP contribution in [0.1, 0.15) is 39.5 Å². The fourth-order valence-electron chi connectivity index (χ4n) is 1.69. The van der Waals surface area contributed by atoms with E-state index in [9.17, 15) is 4.79 Å². The molecule has 1 aliphatic heterocycles. The van der Waals surface area contributed by atoms with E-state index in [0.717, 1.165) is 25.7 Å². The standard InChI is InChI=1S/C10H18O2S/c1-9(2)13-10(6-7-11)5-3-4-8-12-10/h7,9H,3-6,8H2,1-2H3. The highest BCUT2D eigenvalue weighted by Gasteiger charge is 2.34. The minimum atomic E-state index is -0.200. The van der Waals surface area contributed by atoms with Gasteiger partial charge in [0.1, 0.15) is 11.2 Å². The van der Waals surface area contributed by atoms with Gasteiger partial charge < -0.3 is 9.53 Å². The van der Waals surface area contributed by atoms with E-state index in [4.69, 9.17) is 4.74 Å². The Hall–Kier alpha value is -0.0200. The van der Waals surface area contributed by atoms with Gasteiger partial charge in [-0.05, 0) is 19.3 Å². The van der Waals surface area contributed by atoms with Gasteiger partial charge in [-0.1, -0.05) is 13.8 Å². The minimum Gasteiger partial charge on any atom is -0.364 e. The number of ether oxygens (including phenoxy) is 1. The lowest BCUT2D eigenvalue weighted by molar-refractivity contribution is -0.112. The van der Waals surface area contributed by atoms with E-state index in [1.165, 1.54) is 6.42 Å². The Morgan fingerprint density at radius 1 is 1.54 bits per heavy atom. The molecule has 0 spiro atoms. The van der Waals surface area contributed by atoms with Crippen LogP contribution in [0.25, 0.3) is 0 Å². The maximum Gasteiger partial charge on any atom is 0.123 e. The molecule has 1 aliphatic rings. The first kappa shape index (κ1) is 11.1. The molecule has 0 bridgehead atoms. The normalized spacial score (nSPS) is 29.2. The predicted molar refractivity (Wildman–Crippen MR) is 55.9 cm³/mol. The van der Waals surface area contributed by atoms with Crippen molar-refractivity contribution >= 4 is 18.0 Å². The van der Waals surface area contributed by atoms with Crippen molar-refractivity contribution in [2.75, 3.05) is 6.61 Å². The molecule has 0 aromatic heterocycles. The van der Waals surface area contributed by atoms with Crippen LogP contribution < -0.4 is 0 Å². The highest BCUT2D eigenvalue weighted by Crippen LogP contribution is 2.40. The lowest BCUT2D eigenvalue weighted by atomic mass is 10.1. The first-order valence-electron chi connectivity index (χ1n) is 4.94. The minimum absolute atomic E-state index is 0.200. The summed E-state index contributed by atoms with van der Waals surface area (Å²) in [4.78, 5) is 10.4. The molecular formula is C10H18O2S. The molecule has 1 fully saturated rings. The number of carbonyl (C=O) groups excluding carboxylic acids is 1. The van der Waals surface area contributed by atoms with Crippen LogP contribution >= 0.6 is 11.8 Å². The van der Waals surface area contributed by atoms with Crippen LogP contribution in [-0.2, 0) is 9.53 Å². The maximum atomic E-state index is 10.6. The molecule has 1 rings (SSSR count). The Labute approximate surface area is 84.4 Å². The molecule has 1 atom stereocenters. The van der Waals surface area contributed by atoms with Crippen molar-refractivity contribution in [2.24, 2.45) is 0 Å². The second kappa shape index (κ2) is 5.01. The van der Waals surface area contributed by atoms with Gasteiger partial charge in [-0.15, -0.1) is 11.8 Å². The molecule has 0 aromatic rings. The third kappa shape index (κ3) is 3.31. The summed E-state index contributed by atoms with van der Waals surface area (Å²) in [7, 11) is 0. The monoisotopic (exact) mass is 202 g/mol. The van der Waals surface area contributed by atoms with Crippen LogP contribution in [0.15, 0.2) is 0 Å². The zero-order chi connectivity index (χ0) is 9.73. The van der Waals surface area contributed by atoms with Crippen molar-refractivity contribution in [3.63, 3.8) is 0 Å². The quantitative estimate of drug-likeness (QED) is 0.655. The molecule has 0 aliphatic carbocycles. The Kier molecular flexibility index (Phi) is 4.26. The Bertz CT molecular complexity index is 162. The van der Waals surface area contributed by atoms with Crippen molar-refractivity contribution in [3.05, 3.63) is 0 Å². The summed E-state index contributed by atoms with van der Waals surface area (Å²) in [5.41, 5.74) is 0. The smallest absolute Gasteiger partial charge is 0.123 e. The van der Waals surface area contributed by atoms with Crippen LogP contribution in [0.4, 0.5) is 0 Å². The molecule has 3 heteroatoms. The van der Waals surface area contributed by atoms with Crippen LogP contribution in [-0.4, -0.2) is 23.1 Å². The van der Waals surface area contributed by atoms with Gasteiger partial charge in [-0.2, -0.15) is 0 Å². The average Bonchev–Trinajstić information content (AvgIpc) is 2.04. The molecule has 0 N–H and O–H groups in total. The Morgan fingerprint density at radius 3 is 2.77 bits per heavy atom. The van der Waals surface area contributed by atoms with Crippen LogP contribution in [0, 0.1) is 0 Å². The Morgan fingerprint density at radius 2 is 2.31 bits per heavy atom. The van der Waals surface area contributed by atoms with Gasteiger partial charge in [0.15, 0.2) is 0 Å². The highest BCUT2D eigenvalue weighted by molar-refractivity contribution is 8.01. The summed E-state index contributed by atoms with van der Waals surface area (Å²) in [5.74, 6) is 0. The van der Waals surface area contributed by atoms with Crippen molar-refractivity contribution in [2.45, 2.75) is 49.7 Å².